The Hall–Kier alpha value is -2.20. The fraction of sp³-hybridized carbons (Fsp3) is 0.316. The Kier molecular flexibility index (Phi) is 5.26. The molecule has 0 aromatic heterocycles. The third-order valence-electron chi connectivity index (χ3n) is 4.30. The Balaban J connectivity index is 1.49. The summed E-state index contributed by atoms with van der Waals surface area (Å²) in [6.45, 7) is 5.52. The Bertz CT molecular complexity index is 694. The number of anilines is 2. The summed E-state index contributed by atoms with van der Waals surface area (Å²) in [6.07, 6.45) is 0. The lowest BCUT2D eigenvalue weighted by molar-refractivity contribution is -0.129. The van der Waals surface area contributed by atoms with Gasteiger partial charge in [-0.05, 0) is 37.3 Å². The minimum Gasteiger partial charge on any atom is -0.376 e. The van der Waals surface area contributed by atoms with Crippen molar-refractivity contribution in [2.24, 2.45) is 0 Å². The molecule has 2 aromatic carbocycles. The second kappa shape index (κ2) is 7.58. The molecule has 1 N–H and O–H groups in total. The molecule has 1 aliphatic heterocycles. The van der Waals surface area contributed by atoms with E-state index in [9.17, 15) is 4.79 Å². The number of hydrogen-bond acceptors (Lipinski definition) is 3. The van der Waals surface area contributed by atoms with Gasteiger partial charge in [-0.1, -0.05) is 35.4 Å². The Labute approximate surface area is 148 Å². The summed E-state index contributed by atoms with van der Waals surface area (Å²) < 4.78 is 0. The first-order valence-corrected chi connectivity index (χ1v) is 8.58. The highest BCUT2D eigenvalue weighted by atomic mass is 35.5. The number of benzene rings is 2. The van der Waals surface area contributed by atoms with Crippen LogP contribution >= 0.6 is 11.6 Å². The van der Waals surface area contributed by atoms with Crippen molar-refractivity contribution in [3.05, 3.63) is 59.1 Å². The summed E-state index contributed by atoms with van der Waals surface area (Å²) in [7, 11) is 0. The van der Waals surface area contributed by atoms with Gasteiger partial charge >= 0.3 is 0 Å². The Morgan fingerprint density at radius 1 is 1.08 bits per heavy atom. The molecule has 24 heavy (non-hydrogen) atoms. The molecule has 0 aliphatic carbocycles. The summed E-state index contributed by atoms with van der Waals surface area (Å²) in [5.41, 5.74) is 3.31. The highest BCUT2D eigenvalue weighted by molar-refractivity contribution is 6.30. The Morgan fingerprint density at radius 2 is 1.79 bits per heavy atom. The average molecular weight is 344 g/mol. The van der Waals surface area contributed by atoms with Gasteiger partial charge in [0.25, 0.3) is 0 Å². The third kappa shape index (κ3) is 4.20. The van der Waals surface area contributed by atoms with Crippen molar-refractivity contribution in [1.82, 2.24) is 4.90 Å². The number of nitrogens with zero attached hydrogens (tertiary/aromatic N) is 2. The standard InChI is InChI=1S/C19H22ClN3O/c1-15-5-7-17(8-6-15)21-14-19(24)23-11-9-22(10-12-23)18-4-2-3-16(20)13-18/h2-8,13,21H,9-12,14H2,1H3. The van der Waals surface area contributed by atoms with Crippen molar-refractivity contribution in [3.63, 3.8) is 0 Å². The van der Waals surface area contributed by atoms with Crippen LogP contribution in [0.3, 0.4) is 0 Å². The van der Waals surface area contributed by atoms with Gasteiger partial charge in [-0.25, -0.2) is 0 Å². The molecule has 0 spiro atoms. The van der Waals surface area contributed by atoms with E-state index in [4.69, 9.17) is 11.6 Å². The molecule has 1 fully saturated rings. The van der Waals surface area contributed by atoms with Crippen molar-refractivity contribution < 1.29 is 4.79 Å². The number of hydrogen-bond donors (Lipinski definition) is 1. The van der Waals surface area contributed by atoms with Crippen LogP contribution in [-0.4, -0.2) is 43.5 Å². The maximum Gasteiger partial charge on any atom is 0.241 e. The van der Waals surface area contributed by atoms with Gasteiger partial charge in [0.05, 0.1) is 6.54 Å². The molecule has 0 radical (unpaired) electrons. The lowest BCUT2D eigenvalue weighted by Crippen LogP contribution is -2.50. The van der Waals surface area contributed by atoms with Crippen molar-refractivity contribution in [2.45, 2.75) is 6.92 Å². The van der Waals surface area contributed by atoms with E-state index in [1.165, 1.54) is 5.56 Å². The van der Waals surface area contributed by atoms with Crippen LogP contribution in [0.25, 0.3) is 0 Å². The van der Waals surface area contributed by atoms with Crippen LogP contribution in [0.1, 0.15) is 5.56 Å². The van der Waals surface area contributed by atoms with Crippen molar-refractivity contribution in [2.75, 3.05) is 42.9 Å². The zero-order valence-electron chi connectivity index (χ0n) is 13.8. The Morgan fingerprint density at radius 3 is 2.46 bits per heavy atom. The van der Waals surface area contributed by atoms with E-state index < -0.39 is 0 Å². The summed E-state index contributed by atoms with van der Waals surface area (Å²) in [4.78, 5) is 16.5. The van der Waals surface area contributed by atoms with Crippen LogP contribution in [0.2, 0.25) is 5.02 Å². The van der Waals surface area contributed by atoms with Crippen LogP contribution in [0, 0.1) is 6.92 Å². The monoisotopic (exact) mass is 343 g/mol. The van der Waals surface area contributed by atoms with E-state index in [2.05, 4.69) is 16.3 Å². The maximum absolute atomic E-state index is 12.4. The highest BCUT2D eigenvalue weighted by Gasteiger charge is 2.21. The number of carbonyl (C=O) groups is 1. The second-order valence-electron chi connectivity index (χ2n) is 6.07. The fourth-order valence-electron chi connectivity index (χ4n) is 2.85. The first kappa shape index (κ1) is 16.7. The van der Waals surface area contributed by atoms with Gasteiger partial charge < -0.3 is 15.1 Å². The van der Waals surface area contributed by atoms with Gasteiger partial charge in [-0.3, -0.25) is 4.79 Å². The lowest BCUT2D eigenvalue weighted by atomic mass is 10.2. The molecule has 2 aromatic rings. The molecule has 0 saturated carbocycles. The molecule has 1 saturated heterocycles. The molecule has 1 heterocycles. The first-order chi connectivity index (χ1) is 11.6. The SMILES string of the molecule is Cc1ccc(NCC(=O)N2CCN(c3cccc(Cl)c3)CC2)cc1. The predicted molar refractivity (Wildman–Crippen MR) is 99.9 cm³/mol. The number of amides is 1. The quantitative estimate of drug-likeness (QED) is 0.924. The highest BCUT2D eigenvalue weighted by Crippen LogP contribution is 2.20. The van der Waals surface area contributed by atoms with Crippen molar-refractivity contribution in [1.29, 1.82) is 0 Å². The zero-order valence-corrected chi connectivity index (χ0v) is 14.6. The number of carbonyl (C=O) groups excluding carboxylic acids is 1. The summed E-state index contributed by atoms with van der Waals surface area (Å²) in [5, 5.41) is 3.94. The van der Waals surface area contributed by atoms with Crippen molar-refractivity contribution in [3.8, 4) is 0 Å². The second-order valence-corrected chi connectivity index (χ2v) is 6.50. The van der Waals surface area contributed by atoms with Crippen LogP contribution in [0.5, 0.6) is 0 Å². The summed E-state index contributed by atoms with van der Waals surface area (Å²) >= 11 is 6.05. The third-order valence-corrected chi connectivity index (χ3v) is 4.54. The largest absolute Gasteiger partial charge is 0.376 e. The van der Waals surface area contributed by atoms with Crippen LogP contribution < -0.4 is 10.2 Å². The topological polar surface area (TPSA) is 35.6 Å². The molecular weight excluding hydrogens is 322 g/mol. The number of rotatable bonds is 4. The van der Waals surface area contributed by atoms with Gasteiger partial charge in [0, 0.05) is 42.6 Å². The molecule has 1 aliphatic rings. The van der Waals surface area contributed by atoms with Gasteiger partial charge in [-0.15, -0.1) is 0 Å². The molecule has 0 bridgehead atoms. The summed E-state index contributed by atoms with van der Waals surface area (Å²) in [6, 6.07) is 15.9. The predicted octanol–water partition coefficient (Wildman–Crippen LogP) is 3.41. The van der Waals surface area contributed by atoms with E-state index in [0.717, 1.165) is 42.6 Å². The van der Waals surface area contributed by atoms with E-state index in [1.54, 1.807) is 0 Å². The molecule has 0 atom stereocenters. The number of aryl methyl sites for hydroxylation is 1. The van der Waals surface area contributed by atoms with Gasteiger partial charge in [0.1, 0.15) is 0 Å². The number of nitrogens with one attached hydrogen (secondary N) is 1. The molecule has 0 unspecified atom stereocenters. The maximum atomic E-state index is 12.4. The zero-order chi connectivity index (χ0) is 16.9. The average Bonchev–Trinajstić information content (AvgIpc) is 2.61. The van der Waals surface area contributed by atoms with Gasteiger partial charge in [0.15, 0.2) is 0 Å². The van der Waals surface area contributed by atoms with Crippen LogP contribution in [-0.2, 0) is 4.79 Å². The van der Waals surface area contributed by atoms with E-state index >= 15 is 0 Å². The first-order valence-electron chi connectivity index (χ1n) is 8.21. The number of piperazine rings is 1. The molecule has 4 nitrogen and oxygen atoms in total. The van der Waals surface area contributed by atoms with Crippen LogP contribution in [0.4, 0.5) is 11.4 Å². The molecule has 5 heteroatoms. The van der Waals surface area contributed by atoms with E-state index in [0.29, 0.717) is 6.54 Å². The smallest absolute Gasteiger partial charge is 0.241 e. The van der Waals surface area contributed by atoms with Gasteiger partial charge in [-0.2, -0.15) is 0 Å². The van der Waals surface area contributed by atoms with E-state index in [-0.39, 0.29) is 5.91 Å². The number of halogens is 1. The van der Waals surface area contributed by atoms with E-state index in [1.807, 2.05) is 54.3 Å². The van der Waals surface area contributed by atoms with Gasteiger partial charge in [0.2, 0.25) is 5.91 Å². The lowest BCUT2D eigenvalue weighted by Gasteiger charge is -2.36. The van der Waals surface area contributed by atoms with Crippen molar-refractivity contribution >= 4 is 28.9 Å². The van der Waals surface area contributed by atoms with Crippen LogP contribution in [0.15, 0.2) is 48.5 Å². The minimum absolute atomic E-state index is 0.140. The molecule has 126 valence electrons. The molecule has 1 amide bonds. The molecule has 3 rings (SSSR count). The molecular formula is C19H22ClN3O. The summed E-state index contributed by atoms with van der Waals surface area (Å²) in [5.74, 6) is 0.140. The fourth-order valence-corrected chi connectivity index (χ4v) is 3.03. The normalized spacial score (nSPS) is 14.6. The minimum atomic E-state index is 0.140.